The van der Waals surface area contributed by atoms with Crippen molar-refractivity contribution in [3.05, 3.63) is 24.3 Å². The van der Waals surface area contributed by atoms with Crippen LogP contribution < -0.4 is 0 Å². The second-order valence-electron chi connectivity index (χ2n) is 4.51. The number of rotatable bonds is 4. The monoisotopic (exact) mass is 194 g/mol. The summed E-state index contributed by atoms with van der Waals surface area (Å²) >= 11 is 0. The second-order valence-corrected chi connectivity index (χ2v) is 4.51. The van der Waals surface area contributed by atoms with Crippen molar-refractivity contribution in [2.24, 2.45) is 10.2 Å². The summed E-state index contributed by atoms with van der Waals surface area (Å²) in [6.45, 7) is 12.2. The predicted molar refractivity (Wildman–Crippen MR) is 62.6 cm³/mol. The van der Waals surface area contributed by atoms with Gasteiger partial charge in [-0.1, -0.05) is 24.3 Å². The smallest absolute Gasteiger partial charge is 0.0939 e. The Balaban J connectivity index is 4.57. The molecule has 0 aliphatic heterocycles. The van der Waals surface area contributed by atoms with E-state index in [1.54, 1.807) is 0 Å². The van der Waals surface area contributed by atoms with Gasteiger partial charge >= 0.3 is 0 Å². The lowest BCUT2D eigenvalue weighted by Gasteiger charge is -2.17. The van der Waals surface area contributed by atoms with Gasteiger partial charge in [-0.25, -0.2) is 0 Å². The normalized spacial score (nSPS) is 15.0. The van der Waals surface area contributed by atoms with Gasteiger partial charge in [-0.05, 0) is 41.5 Å². The molecule has 0 aromatic heterocycles. The van der Waals surface area contributed by atoms with Crippen LogP contribution in [-0.2, 0) is 0 Å². The molecule has 0 atom stereocenters. The van der Waals surface area contributed by atoms with Crippen LogP contribution in [0.3, 0.4) is 0 Å². The minimum Gasteiger partial charge on any atom is -0.183 e. The van der Waals surface area contributed by atoms with E-state index < -0.39 is 0 Å². The van der Waals surface area contributed by atoms with Gasteiger partial charge in [0.15, 0.2) is 0 Å². The molecule has 0 saturated heterocycles. The maximum absolute atomic E-state index is 4.32. The minimum atomic E-state index is -0.201. The van der Waals surface area contributed by atoms with Crippen LogP contribution >= 0.6 is 0 Å². The van der Waals surface area contributed by atoms with E-state index in [4.69, 9.17) is 0 Å². The van der Waals surface area contributed by atoms with Crippen LogP contribution in [0.4, 0.5) is 0 Å². The quantitative estimate of drug-likeness (QED) is 0.474. The summed E-state index contributed by atoms with van der Waals surface area (Å²) in [5.41, 5.74) is -0.402. The van der Waals surface area contributed by atoms with Gasteiger partial charge in [0.1, 0.15) is 0 Å². The number of azo groups is 1. The SMILES string of the molecule is CC=CC(C)(C)N=NC(C)(C)C=CC. The van der Waals surface area contributed by atoms with E-state index >= 15 is 0 Å². The molecular weight excluding hydrogens is 172 g/mol. The van der Waals surface area contributed by atoms with E-state index in [1.165, 1.54) is 0 Å². The molecule has 0 heterocycles. The topological polar surface area (TPSA) is 24.7 Å². The van der Waals surface area contributed by atoms with Gasteiger partial charge in [0.25, 0.3) is 0 Å². The summed E-state index contributed by atoms with van der Waals surface area (Å²) in [5, 5.41) is 8.65. The van der Waals surface area contributed by atoms with E-state index in [0.717, 1.165) is 0 Å². The summed E-state index contributed by atoms with van der Waals surface area (Å²) in [7, 11) is 0. The van der Waals surface area contributed by atoms with Crippen LogP contribution in [0.25, 0.3) is 0 Å². The number of nitrogens with zero attached hydrogens (tertiary/aromatic N) is 2. The molecule has 0 saturated carbocycles. The predicted octanol–water partition coefficient (Wildman–Crippen LogP) is 4.15. The summed E-state index contributed by atoms with van der Waals surface area (Å²) in [5.74, 6) is 0. The molecule has 0 N–H and O–H groups in total. The zero-order chi connectivity index (χ0) is 11.2. The van der Waals surface area contributed by atoms with Crippen molar-refractivity contribution in [2.75, 3.05) is 0 Å². The van der Waals surface area contributed by atoms with Crippen LogP contribution in [0, 0.1) is 0 Å². The fraction of sp³-hybridized carbons (Fsp3) is 0.667. The maximum Gasteiger partial charge on any atom is 0.0939 e. The first-order chi connectivity index (χ1) is 6.33. The molecule has 0 radical (unpaired) electrons. The maximum atomic E-state index is 4.32. The Labute approximate surface area is 87.8 Å². The van der Waals surface area contributed by atoms with Crippen LogP contribution in [0.5, 0.6) is 0 Å². The minimum absolute atomic E-state index is 0.201. The van der Waals surface area contributed by atoms with Crippen molar-refractivity contribution in [1.82, 2.24) is 0 Å². The largest absolute Gasteiger partial charge is 0.183 e. The standard InChI is InChI=1S/C12H22N2/c1-7-9-11(3,4)13-14-12(5,6)10-8-2/h7-10H,1-6H3. The van der Waals surface area contributed by atoms with E-state index in [9.17, 15) is 0 Å². The van der Waals surface area contributed by atoms with Gasteiger partial charge in [-0.3, -0.25) is 0 Å². The van der Waals surface area contributed by atoms with E-state index in [2.05, 4.69) is 10.2 Å². The molecule has 0 rings (SSSR count). The van der Waals surface area contributed by atoms with Gasteiger partial charge in [-0.15, -0.1) is 0 Å². The average Bonchev–Trinajstić information content (AvgIpc) is 2.01. The molecular formula is C12H22N2. The molecule has 0 fully saturated rings. The molecule has 0 bridgehead atoms. The molecule has 0 aliphatic carbocycles. The molecule has 2 nitrogen and oxygen atoms in total. The summed E-state index contributed by atoms with van der Waals surface area (Å²) < 4.78 is 0. The first-order valence-electron chi connectivity index (χ1n) is 5.05. The molecule has 0 aliphatic rings. The third-order valence-electron chi connectivity index (χ3n) is 1.71. The van der Waals surface area contributed by atoms with Crippen LogP contribution in [0.15, 0.2) is 34.5 Å². The first-order valence-corrected chi connectivity index (χ1v) is 5.05. The van der Waals surface area contributed by atoms with Gasteiger partial charge < -0.3 is 0 Å². The van der Waals surface area contributed by atoms with Crippen molar-refractivity contribution in [3.63, 3.8) is 0 Å². The Hall–Kier alpha value is -0.920. The number of allylic oxidation sites excluding steroid dienone is 2. The first kappa shape index (κ1) is 13.1. The van der Waals surface area contributed by atoms with Crippen LogP contribution in [0.1, 0.15) is 41.5 Å². The molecule has 0 spiro atoms. The fourth-order valence-corrected chi connectivity index (χ4v) is 1.14. The van der Waals surface area contributed by atoms with Gasteiger partial charge in [0.2, 0.25) is 0 Å². The zero-order valence-electron chi connectivity index (χ0n) is 10.2. The Kier molecular flexibility index (Phi) is 4.75. The van der Waals surface area contributed by atoms with Crippen LogP contribution in [-0.4, -0.2) is 11.1 Å². The highest BCUT2D eigenvalue weighted by molar-refractivity contribution is 5.02. The molecule has 80 valence electrons. The Bertz CT molecular complexity index is 219. The van der Waals surface area contributed by atoms with Gasteiger partial charge in [-0.2, -0.15) is 10.2 Å². The number of hydrogen-bond donors (Lipinski definition) is 0. The molecule has 0 unspecified atom stereocenters. The zero-order valence-corrected chi connectivity index (χ0v) is 10.2. The molecule has 0 aromatic rings. The summed E-state index contributed by atoms with van der Waals surface area (Å²) in [6.07, 6.45) is 8.09. The average molecular weight is 194 g/mol. The van der Waals surface area contributed by atoms with Gasteiger partial charge in [0.05, 0.1) is 11.1 Å². The Morgan fingerprint density at radius 2 is 1.00 bits per heavy atom. The summed E-state index contributed by atoms with van der Waals surface area (Å²) in [4.78, 5) is 0. The van der Waals surface area contributed by atoms with E-state index in [1.807, 2.05) is 65.8 Å². The highest BCUT2D eigenvalue weighted by Gasteiger charge is 2.15. The Morgan fingerprint density at radius 3 is 1.21 bits per heavy atom. The Morgan fingerprint density at radius 1 is 0.714 bits per heavy atom. The third kappa shape index (κ3) is 5.68. The molecule has 0 amide bonds. The van der Waals surface area contributed by atoms with E-state index in [0.29, 0.717) is 0 Å². The van der Waals surface area contributed by atoms with E-state index in [-0.39, 0.29) is 11.1 Å². The lowest BCUT2D eigenvalue weighted by molar-refractivity contribution is 0.526. The van der Waals surface area contributed by atoms with Crippen molar-refractivity contribution in [1.29, 1.82) is 0 Å². The van der Waals surface area contributed by atoms with Crippen LogP contribution in [0.2, 0.25) is 0 Å². The third-order valence-corrected chi connectivity index (χ3v) is 1.71. The molecule has 0 aromatic carbocycles. The van der Waals surface area contributed by atoms with Crippen molar-refractivity contribution < 1.29 is 0 Å². The van der Waals surface area contributed by atoms with Gasteiger partial charge in [0, 0.05) is 0 Å². The molecule has 2 heteroatoms. The molecule has 14 heavy (non-hydrogen) atoms. The summed E-state index contributed by atoms with van der Waals surface area (Å²) in [6, 6.07) is 0. The second kappa shape index (κ2) is 5.08. The van der Waals surface area contributed by atoms with Crippen molar-refractivity contribution >= 4 is 0 Å². The fourth-order valence-electron chi connectivity index (χ4n) is 1.14. The van der Waals surface area contributed by atoms with Crippen molar-refractivity contribution in [2.45, 2.75) is 52.6 Å². The lowest BCUT2D eigenvalue weighted by Crippen LogP contribution is -2.16. The van der Waals surface area contributed by atoms with Crippen molar-refractivity contribution in [3.8, 4) is 0 Å². The highest BCUT2D eigenvalue weighted by Crippen LogP contribution is 2.17. The lowest BCUT2D eigenvalue weighted by atomic mass is 10.1. The highest BCUT2D eigenvalue weighted by atomic mass is 15.2. The number of hydrogen-bond acceptors (Lipinski definition) is 2.